The van der Waals surface area contributed by atoms with Crippen LogP contribution in [-0.4, -0.2) is 22.7 Å². The van der Waals surface area contributed by atoms with Gasteiger partial charge in [-0.15, -0.1) is 0 Å². The van der Waals surface area contributed by atoms with Gasteiger partial charge in [-0.2, -0.15) is 0 Å². The average molecular weight is 207 g/mol. The summed E-state index contributed by atoms with van der Waals surface area (Å²) < 4.78 is 0. The van der Waals surface area contributed by atoms with E-state index in [1.807, 2.05) is 30.3 Å². The molecule has 1 saturated heterocycles. The fraction of sp³-hybridized carbons (Fsp3) is 0.364. The normalized spacial score (nSPS) is 23.1. The number of hydrogen-bond donors (Lipinski definition) is 1. The van der Waals surface area contributed by atoms with E-state index in [1.54, 1.807) is 6.92 Å². The minimum Gasteiger partial charge on any atom is -0.393 e. The number of thiocarbonyl (C=S) groups is 1. The summed E-state index contributed by atoms with van der Waals surface area (Å²) in [6.07, 6.45) is -0.331. The van der Waals surface area contributed by atoms with Gasteiger partial charge in [0.05, 0.1) is 17.0 Å². The molecule has 14 heavy (non-hydrogen) atoms. The Balaban J connectivity index is 2.09. The third-order valence-electron chi connectivity index (χ3n) is 2.61. The van der Waals surface area contributed by atoms with E-state index >= 15 is 0 Å². The quantitative estimate of drug-likeness (QED) is 0.748. The lowest BCUT2D eigenvalue weighted by Crippen LogP contribution is -2.55. The molecule has 1 N–H and O–H groups in total. The van der Waals surface area contributed by atoms with Gasteiger partial charge in [-0.05, 0) is 19.1 Å². The van der Waals surface area contributed by atoms with Gasteiger partial charge in [-0.1, -0.05) is 30.4 Å². The first-order chi connectivity index (χ1) is 6.70. The highest BCUT2D eigenvalue weighted by atomic mass is 32.1. The highest BCUT2D eigenvalue weighted by Crippen LogP contribution is 2.28. The summed E-state index contributed by atoms with van der Waals surface area (Å²) >= 11 is 5.25. The lowest BCUT2D eigenvalue weighted by molar-refractivity contribution is 0.151. The zero-order chi connectivity index (χ0) is 10.1. The van der Waals surface area contributed by atoms with Crippen LogP contribution in [0.1, 0.15) is 6.92 Å². The number of anilines is 1. The summed E-state index contributed by atoms with van der Waals surface area (Å²) in [5.74, 6) is 0.158. The lowest BCUT2D eigenvalue weighted by atomic mass is 9.94. The van der Waals surface area contributed by atoms with Crippen LogP contribution in [0.5, 0.6) is 0 Å². The van der Waals surface area contributed by atoms with Crippen molar-refractivity contribution < 1.29 is 5.11 Å². The molecule has 1 fully saturated rings. The molecule has 0 saturated carbocycles. The van der Waals surface area contributed by atoms with Gasteiger partial charge < -0.3 is 10.0 Å². The highest BCUT2D eigenvalue weighted by molar-refractivity contribution is 7.80. The van der Waals surface area contributed by atoms with Crippen molar-refractivity contribution in [2.75, 3.05) is 11.4 Å². The Hall–Kier alpha value is -0.930. The summed E-state index contributed by atoms with van der Waals surface area (Å²) in [6.45, 7) is 2.62. The van der Waals surface area contributed by atoms with Crippen molar-refractivity contribution in [3.63, 3.8) is 0 Å². The second-order valence-corrected chi connectivity index (χ2v) is 4.05. The molecule has 1 aliphatic heterocycles. The van der Waals surface area contributed by atoms with Gasteiger partial charge in [0.25, 0.3) is 0 Å². The molecule has 3 heteroatoms. The zero-order valence-electron chi connectivity index (χ0n) is 8.05. The van der Waals surface area contributed by atoms with Crippen LogP contribution < -0.4 is 4.90 Å². The summed E-state index contributed by atoms with van der Waals surface area (Å²) in [5, 5.41) is 9.39. The minimum atomic E-state index is -0.331. The maximum Gasteiger partial charge on any atom is 0.0899 e. The van der Waals surface area contributed by atoms with Crippen molar-refractivity contribution >= 4 is 22.9 Å². The van der Waals surface area contributed by atoms with Crippen molar-refractivity contribution in [2.24, 2.45) is 5.92 Å². The van der Waals surface area contributed by atoms with E-state index in [4.69, 9.17) is 12.2 Å². The van der Waals surface area contributed by atoms with E-state index in [0.717, 1.165) is 17.2 Å². The molecular weight excluding hydrogens is 194 g/mol. The molecule has 1 aromatic rings. The van der Waals surface area contributed by atoms with Crippen molar-refractivity contribution in [3.8, 4) is 0 Å². The predicted octanol–water partition coefficient (Wildman–Crippen LogP) is 1.83. The largest absolute Gasteiger partial charge is 0.393 e. The molecule has 0 unspecified atom stereocenters. The number of nitrogens with zero attached hydrogens (tertiary/aromatic N) is 1. The van der Waals surface area contributed by atoms with Gasteiger partial charge >= 0.3 is 0 Å². The lowest BCUT2D eigenvalue weighted by Gasteiger charge is -2.43. The van der Waals surface area contributed by atoms with Crippen LogP contribution in [0.15, 0.2) is 30.3 Å². The van der Waals surface area contributed by atoms with Crippen LogP contribution in [0.3, 0.4) is 0 Å². The van der Waals surface area contributed by atoms with Crippen LogP contribution in [0.25, 0.3) is 0 Å². The third kappa shape index (κ3) is 1.53. The predicted molar refractivity (Wildman–Crippen MR) is 61.6 cm³/mol. The molecule has 1 heterocycles. The fourth-order valence-electron chi connectivity index (χ4n) is 1.65. The molecule has 1 aliphatic rings. The number of benzene rings is 1. The Bertz CT molecular complexity index is 336. The van der Waals surface area contributed by atoms with Crippen LogP contribution in [0.2, 0.25) is 0 Å². The van der Waals surface area contributed by atoms with Crippen molar-refractivity contribution in [2.45, 2.75) is 13.0 Å². The summed E-state index contributed by atoms with van der Waals surface area (Å²) in [7, 11) is 0. The molecular formula is C11H13NOS. The summed E-state index contributed by atoms with van der Waals surface area (Å²) in [6, 6.07) is 10.0. The number of para-hydroxylation sites is 1. The van der Waals surface area contributed by atoms with E-state index in [1.165, 1.54) is 0 Å². The number of aliphatic hydroxyl groups is 1. The Labute approximate surface area is 89.2 Å². The van der Waals surface area contributed by atoms with E-state index in [0.29, 0.717) is 0 Å². The van der Waals surface area contributed by atoms with Gasteiger partial charge in [0.15, 0.2) is 0 Å². The molecule has 0 bridgehead atoms. The first-order valence-electron chi connectivity index (χ1n) is 4.74. The Morgan fingerprint density at radius 3 is 2.57 bits per heavy atom. The van der Waals surface area contributed by atoms with Crippen LogP contribution >= 0.6 is 12.2 Å². The maximum absolute atomic E-state index is 9.39. The van der Waals surface area contributed by atoms with Crippen LogP contribution in [-0.2, 0) is 0 Å². The molecule has 0 spiro atoms. The highest BCUT2D eigenvalue weighted by Gasteiger charge is 2.36. The molecule has 2 rings (SSSR count). The average Bonchev–Trinajstić information content (AvgIpc) is 2.17. The molecule has 2 atom stereocenters. The van der Waals surface area contributed by atoms with Crippen molar-refractivity contribution in [1.82, 2.24) is 0 Å². The Morgan fingerprint density at radius 2 is 2.07 bits per heavy atom. The minimum absolute atomic E-state index is 0.158. The van der Waals surface area contributed by atoms with Gasteiger partial charge in [0.2, 0.25) is 0 Å². The SMILES string of the molecule is C[C@H](O)[C@@H]1CN(c2ccccc2)C1=S. The third-order valence-corrected chi connectivity index (χ3v) is 3.14. The summed E-state index contributed by atoms with van der Waals surface area (Å²) in [4.78, 5) is 2.92. The number of rotatable bonds is 2. The first-order valence-corrected chi connectivity index (χ1v) is 5.15. The number of aliphatic hydroxyl groups excluding tert-OH is 1. The van der Waals surface area contributed by atoms with E-state index in [9.17, 15) is 5.11 Å². The zero-order valence-corrected chi connectivity index (χ0v) is 8.87. The first kappa shape index (κ1) is 9.62. The Kier molecular flexibility index (Phi) is 2.52. The van der Waals surface area contributed by atoms with Gasteiger partial charge in [-0.25, -0.2) is 0 Å². The molecule has 2 nitrogen and oxygen atoms in total. The maximum atomic E-state index is 9.39. The molecule has 0 aliphatic carbocycles. The smallest absolute Gasteiger partial charge is 0.0899 e. The van der Waals surface area contributed by atoms with E-state index in [-0.39, 0.29) is 12.0 Å². The molecule has 1 aromatic carbocycles. The molecule has 0 aromatic heterocycles. The van der Waals surface area contributed by atoms with E-state index < -0.39 is 0 Å². The summed E-state index contributed by atoms with van der Waals surface area (Å²) in [5.41, 5.74) is 1.12. The van der Waals surface area contributed by atoms with Crippen molar-refractivity contribution in [1.29, 1.82) is 0 Å². The standard InChI is InChI=1S/C11H13NOS/c1-8(13)10-7-12(11(10)14)9-5-3-2-4-6-9/h2-6,8,10,13H,7H2,1H3/t8-,10-/m0/s1. The number of hydrogen-bond acceptors (Lipinski definition) is 2. The second-order valence-electron chi connectivity index (χ2n) is 3.63. The van der Waals surface area contributed by atoms with E-state index in [2.05, 4.69) is 4.90 Å². The monoisotopic (exact) mass is 207 g/mol. The molecule has 0 amide bonds. The van der Waals surface area contributed by atoms with Gasteiger partial charge in [0, 0.05) is 12.2 Å². The van der Waals surface area contributed by atoms with Crippen molar-refractivity contribution in [3.05, 3.63) is 30.3 Å². The van der Waals surface area contributed by atoms with Gasteiger partial charge in [-0.3, -0.25) is 0 Å². The second kappa shape index (κ2) is 3.67. The topological polar surface area (TPSA) is 23.5 Å². The molecule has 0 radical (unpaired) electrons. The Morgan fingerprint density at radius 1 is 1.43 bits per heavy atom. The molecule has 74 valence electrons. The fourth-order valence-corrected chi connectivity index (χ4v) is 2.10. The van der Waals surface area contributed by atoms with Gasteiger partial charge in [0.1, 0.15) is 0 Å². The van der Waals surface area contributed by atoms with Crippen LogP contribution in [0, 0.1) is 5.92 Å². The van der Waals surface area contributed by atoms with Crippen LogP contribution in [0.4, 0.5) is 5.69 Å².